The zero-order valence-corrected chi connectivity index (χ0v) is 30.6. The highest BCUT2D eigenvalue weighted by atomic mass is 16.5. The van der Waals surface area contributed by atoms with Gasteiger partial charge < -0.3 is 45.9 Å². The number of anilines is 1. The Morgan fingerprint density at radius 3 is 2.60 bits per heavy atom. The van der Waals surface area contributed by atoms with Crippen LogP contribution in [-0.2, 0) is 22.4 Å². The van der Waals surface area contributed by atoms with E-state index in [0.717, 1.165) is 36.8 Å². The first-order valence-electron chi connectivity index (χ1n) is 17.6. The van der Waals surface area contributed by atoms with Gasteiger partial charge >= 0.3 is 0 Å². The summed E-state index contributed by atoms with van der Waals surface area (Å²) >= 11 is 0. The molecule has 1 aliphatic carbocycles. The minimum absolute atomic E-state index is 0.0120. The standard InChI is InChI=1S/C38H59N5O7/c1-25(2)30(9-11-31(45)10-7-27-8-12-33(46)34(19-27)48-6)17-29-18-32(43-37(39)41-5)36(47)35(20-29)50-38(23-40-4)15-13-28(21-38)14-16-49-24-42-22-26(3)44/h8-9,11-12,18-20,25-26,28,30,40,42,44,46-47H,7,10,13-17,21-24H2,1-6H3,(H3,39,41,43). The Labute approximate surface area is 297 Å². The second-order valence-corrected chi connectivity index (χ2v) is 13.7. The number of nitrogens with two attached hydrogens (primary N) is 1. The molecule has 0 radical (unpaired) electrons. The molecule has 3 rings (SSSR count). The third-order valence-electron chi connectivity index (χ3n) is 9.21. The van der Waals surface area contributed by atoms with Gasteiger partial charge in [0.15, 0.2) is 34.7 Å². The predicted molar refractivity (Wildman–Crippen MR) is 198 cm³/mol. The number of phenolic OH excluding ortho intramolecular Hbond substituents is 2. The summed E-state index contributed by atoms with van der Waals surface area (Å²) in [6.07, 6.45) is 8.17. The van der Waals surface area contributed by atoms with Crippen LogP contribution in [0, 0.1) is 17.8 Å². The number of carbonyl (C=O) groups excluding carboxylic acids is 1. The van der Waals surface area contributed by atoms with E-state index in [0.29, 0.717) is 68.8 Å². The van der Waals surface area contributed by atoms with Crippen molar-refractivity contribution < 1.29 is 34.3 Å². The van der Waals surface area contributed by atoms with Crippen LogP contribution in [0.4, 0.5) is 5.69 Å². The molecule has 1 aliphatic rings. The third kappa shape index (κ3) is 12.8. The molecule has 0 spiro atoms. The van der Waals surface area contributed by atoms with Crippen molar-refractivity contribution in [1.29, 1.82) is 0 Å². The zero-order chi connectivity index (χ0) is 36.7. The molecule has 278 valence electrons. The molecule has 4 atom stereocenters. The van der Waals surface area contributed by atoms with E-state index in [2.05, 4.69) is 34.8 Å². The minimum atomic E-state index is -0.521. The van der Waals surface area contributed by atoms with Gasteiger partial charge in [0.1, 0.15) is 5.60 Å². The van der Waals surface area contributed by atoms with Crippen LogP contribution in [0.25, 0.3) is 0 Å². The number of methoxy groups -OCH3 is 1. The number of ketones is 1. The van der Waals surface area contributed by atoms with Crippen molar-refractivity contribution in [3.05, 3.63) is 53.6 Å². The van der Waals surface area contributed by atoms with E-state index in [1.165, 1.54) is 7.11 Å². The Bertz CT molecular complexity index is 1430. The number of phenols is 2. The molecule has 0 saturated heterocycles. The lowest BCUT2D eigenvalue weighted by Gasteiger charge is -2.32. The lowest BCUT2D eigenvalue weighted by molar-refractivity contribution is -0.114. The van der Waals surface area contributed by atoms with Gasteiger partial charge in [0.25, 0.3) is 0 Å². The first kappa shape index (κ1) is 40.6. The van der Waals surface area contributed by atoms with Crippen LogP contribution >= 0.6 is 0 Å². The molecule has 0 bridgehead atoms. The van der Waals surface area contributed by atoms with Gasteiger partial charge in [-0.05, 0) is 112 Å². The molecule has 0 aliphatic heterocycles. The molecular formula is C38H59N5O7. The summed E-state index contributed by atoms with van der Waals surface area (Å²) in [5, 5.41) is 40.1. The van der Waals surface area contributed by atoms with E-state index < -0.39 is 11.7 Å². The lowest BCUT2D eigenvalue weighted by atomic mass is 9.88. The van der Waals surface area contributed by atoms with Crippen LogP contribution in [0.2, 0.25) is 0 Å². The highest BCUT2D eigenvalue weighted by Crippen LogP contribution is 2.44. The van der Waals surface area contributed by atoms with Gasteiger partial charge in [-0.3, -0.25) is 15.1 Å². The first-order valence-corrected chi connectivity index (χ1v) is 17.6. The summed E-state index contributed by atoms with van der Waals surface area (Å²) < 4.78 is 17.7. The second kappa shape index (κ2) is 20.1. The summed E-state index contributed by atoms with van der Waals surface area (Å²) in [6, 6.07) is 8.86. The van der Waals surface area contributed by atoms with Gasteiger partial charge in [-0.2, -0.15) is 0 Å². The average molecular weight is 698 g/mol. The predicted octanol–water partition coefficient (Wildman–Crippen LogP) is 4.51. The van der Waals surface area contributed by atoms with Gasteiger partial charge in [-0.25, -0.2) is 0 Å². The number of hydrogen-bond acceptors (Lipinski definition) is 10. The number of aliphatic hydroxyl groups is 1. The number of hydrogen-bond donors (Lipinski definition) is 7. The van der Waals surface area contributed by atoms with E-state index in [9.17, 15) is 20.1 Å². The van der Waals surface area contributed by atoms with Gasteiger partial charge in [-0.1, -0.05) is 26.0 Å². The lowest BCUT2D eigenvalue weighted by Crippen LogP contribution is -2.42. The fourth-order valence-electron chi connectivity index (χ4n) is 6.36. The number of allylic oxidation sites excluding steroid dienone is 2. The van der Waals surface area contributed by atoms with Crippen molar-refractivity contribution >= 4 is 17.4 Å². The number of aryl methyl sites for hydroxylation is 1. The fourth-order valence-corrected chi connectivity index (χ4v) is 6.36. The quantitative estimate of drug-likeness (QED) is 0.0244. The number of aliphatic imine (C=N–C) groups is 1. The normalized spacial score (nSPS) is 19.2. The number of rotatable bonds is 21. The van der Waals surface area contributed by atoms with Gasteiger partial charge in [-0.15, -0.1) is 0 Å². The number of aromatic hydroxyl groups is 2. The third-order valence-corrected chi connectivity index (χ3v) is 9.21. The topological polar surface area (TPSA) is 180 Å². The summed E-state index contributed by atoms with van der Waals surface area (Å²) in [7, 11) is 4.97. The molecule has 1 fully saturated rings. The first-order chi connectivity index (χ1) is 23.9. The number of ether oxygens (including phenoxy) is 3. The Morgan fingerprint density at radius 1 is 1.16 bits per heavy atom. The number of nitrogens with one attached hydrogen (secondary N) is 3. The molecule has 0 aromatic heterocycles. The van der Waals surface area contributed by atoms with Crippen LogP contribution in [0.1, 0.15) is 64.0 Å². The average Bonchev–Trinajstić information content (AvgIpc) is 3.47. The maximum Gasteiger partial charge on any atom is 0.192 e. The van der Waals surface area contributed by atoms with E-state index in [1.807, 2.05) is 25.3 Å². The highest BCUT2D eigenvalue weighted by Gasteiger charge is 2.41. The van der Waals surface area contributed by atoms with Crippen LogP contribution in [-0.4, -0.2) is 86.4 Å². The Kier molecular flexibility index (Phi) is 16.3. The molecule has 50 heavy (non-hydrogen) atoms. The molecule has 1 saturated carbocycles. The Hall–Kier alpha value is -3.84. The maximum absolute atomic E-state index is 12.9. The molecule has 2 aromatic carbocycles. The smallest absolute Gasteiger partial charge is 0.192 e. The van der Waals surface area contributed by atoms with Crippen molar-refractivity contribution in [2.45, 2.75) is 77.4 Å². The Morgan fingerprint density at radius 2 is 1.92 bits per heavy atom. The van der Waals surface area contributed by atoms with E-state index in [1.54, 1.807) is 38.2 Å². The molecule has 12 heteroatoms. The summed E-state index contributed by atoms with van der Waals surface area (Å²) in [4.78, 5) is 16.9. The summed E-state index contributed by atoms with van der Waals surface area (Å²) in [5.41, 5.74) is 7.74. The maximum atomic E-state index is 12.9. The molecule has 0 heterocycles. The van der Waals surface area contributed by atoms with Crippen molar-refractivity contribution in [3.63, 3.8) is 0 Å². The van der Waals surface area contributed by atoms with Crippen LogP contribution in [0.15, 0.2) is 47.5 Å². The van der Waals surface area contributed by atoms with Gasteiger partial charge in [0.2, 0.25) is 0 Å². The number of benzene rings is 2. The van der Waals surface area contributed by atoms with Gasteiger partial charge in [0, 0.05) is 33.2 Å². The van der Waals surface area contributed by atoms with Crippen molar-refractivity contribution in [3.8, 4) is 23.0 Å². The second-order valence-electron chi connectivity index (χ2n) is 13.7. The van der Waals surface area contributed by atoms with Crippen LogP contribution in [0.5, 0.6) is 23.0 Å². The fraction of sp³-hybridized carbons (Fsp3) is 0.579. The van der Waals surface area contributed by atoms with Gasteiger partial charge in [0.05, 0.1) is 25.6 Å². The molecule has 12 nitrogen and oxygen atoms in total. The van der Waals surface area contributed by atoms with Crippen molar-refractivity contribution in [2.75, 3.05) is 52.9 Å². The number of likely N-dealkylation sites (N-methyl/N-ethyl adjacent to an activating group) is 1. The van der Waals surface area contributed by atoms with E-state index >= 15 is 0 Å². The van der Waals surface area contributed by atoms with Crippen molar-refractivity contribution in [2.24, 2.45) is 28.5 Å². The molecule has 2 aromatic rings. The summed E-state index contributed by atoms with van der Waals surface area (Å²) in [5.74, 6) is 1.62. The summed E-state index contributed by atoms with van der Waals surface area (Å²) in [6.45, 7) is 8.07. The highest BCUT2D eigenvalue weighted by molar-refractivity contribution is 5.94. The van der Waals surface area contributed by atoms with E-state index in [4.69, 9.17) is 19.9 Å². The largest absolute Gasteiger partial charge is 0.504 e. The number of carbonyl (C=O) groups is 1. The van der Waals surface area contributed by atoms with Crippen LogP contribution in [0.3, 0.4) is 0 Å². The molecule has 4 unspecified atom stereocenters. The van der Waals surface area contributed by atoms with E-state index in [-0.39, 0.29) is 35.1 Å². The molecule has 8 N–H and O–H groups in total. The van der Waals surface area contributed by atoms with Crippen molar-refractivity contribution in [1.82, 2.24) is 10.6 Å². The molecular weight excluding hydrogens is 638 g/mol. The SMILES string of the molecule is CN=C(N)Nc1cc(CC(C=CC(=O)CCc2ccc(O)c(OC)c2)C(C)C)cc(OC2(CNC)CCC(CCOCNCC(C)O)C2)c1O. The monoisotopic (exact) mass is 697 g/mol. The number of aliphatic hydroxyl groups excluding tert-OH is 1. The number of guanidine groups is 1. The molecule has 0 amide bonds. The zero-order valence-electron chi connectivity index (χ0n) is 30.6. The Balaban J connectivity index is 1.75. The number of nitrogens with zero attached hydrogens (tertiary/aromatic N) is 1. The minimum Gasteiger partial charge on any atom is -0.504 e. The van der Waals surface area contributed by atoms with Crippen LogP contribution < -0.4 is 31.2 Å².